The Balaban J connectivity index is 0.000000279. The molecule has 1 N–H and O–H groups in total. The van der Waals surface area contributed by atoms with Gasteiger partial charge in [-0.1, -0.05) is 75.0 Å². The number of nitrogens with zero attached hydrogens (tertiary/aromatic N) is 3. The molecule has 3 heterocycles. The first kappa shape index (κ1) is 36.5. The first-order chi connectivity index (χ1) is 22.6. The van der Waals surface area contributed by atoms with E-state index in [4.69, 9.17) is 8.83 Å². The monoisotopic (exact) mass is 835 g/mol. The van der Waals surface area contributed by atoms with Crippen LogP contribution < -0.4 is 0 Å². The first-order valence-electron chi connectivity index (χ1n) is 15.6. The van der Waals surface area contributed by atoms with Crippen molar-refractivity contribution in [1.29, 1.82) is 0 Å². The van der Waals surface area contributed by atoms with Crippen LogP contribution in [-0.4, -0.2) is 26.1 Å². The largest absolute Gasteiger partial charge is 0.512 e. The predicted octanol–water partition coefficient (Wildman–Crippen LogP) is 10.5. The zero-order chi connectivity index (χ0) is 33.7. The summed E-state index contributed by atoms with van der Waals surface area (Å²) in [5.41, 5.74) is 2.80. The van der Waals surface area contributed by atoms with Crippen molar-refractivity contribution in [3.05, 3.63) is 90.7 Å². The molecule has 0 bridgehead atoms. The van der Waals surface area contributed by atoms with Crippen LogP contribution >= 0.6 is 0 Å². The summed E-state index contributed by atoms with van der Waals surface area (Å²) in [5.74, 6) is -1.08. The molecular formula is C37H35F3IrN3O4-. The predicted molar refractivity (Wildman–Crippen MR) is 175 cm³/mol. The number of pyridine rings is 1. The van der Waals surface area contributed by atoms with Gasteiger partial charge in [-0.2, -0.15) is 13.2 Å². The molecule has 0 aliphatic carbocycles. The molecule has 6 rings (SSSR count). The number of carbonyl (C=O) groups is 1. The van der Waals surface area contributed by atoms with Crippen molar-refractivity contribution < 1.29 is 52.0 Å². The number of ketones is 1. The third kappa shape index (κ3) is 7.85. The molecule has 0 aliphatic rings. The number of rotatable bonds is 9. The second-order valence-corrected chi connectivity index (χ2v) is 11.2. The van der Waals surface area contributed by atoms with Gasteiger partial charge in [0.25, 0.3) is 0 Å². The standard InChI is InChI=1S/C24H11F3N3O2.C13H24O2.Ir/c25-24(26,27)23-30-29-22(32-23)14-8-9-16-17-6-3-7-18(21(17)31-20(16)11-14)19-10-13-4-1-2-5-15(13)12-28-19;1-5-10(6-2)12(14)9-13(15)11(7-3)8-4;/h1-6,8-12H;9-11,14H,5-8H2,1-4H3;/q-1;;/b;12-9-;. The second kappa shape index (κ2) is 15.7. The summed E-state index contributed by atoms with van der Waals surface area (Å²) in [7, 11) is 0. The van der Waals surface area contributed by atoms with Gasteiger partial charge in [-0.25, -0.2) is 0 Å². The van der Waals surface area contributed by atoms with Crippen LogP contribution in [0.5, 0.6) is 0 Å². The van der Waals surface area contributed by atoms with Gasteiger partial charge in [-0.15, -0.1) is 28.4 Å². The number of aromatic nitrogens is 3. The van der Waals surface area contributed by atoms with Gasteiger partial charge >= 0.3 is 12.1 Å². The number of aliphatic hydroxyl groups is 1. The number of aliphatic hydroxyl groups excluding tert-OH is 1. The van der Waals surface area contributed by atoms with E-state index in [9.17, 15) is 23.1 Å². The molecule has 1 radical (unpaired) electrons. The molecule has 48 heavy (non-hydrogen) atoms. The van der Waals surface area contributed by atoms with Gasteiger partial charge in [0.05, 0.1) is 11.3 Å². The average Bonchev–Trinajstić information content (AvgIpc) is 3.72. The molecule has 0 fully saturated rings. The summed E-state index contributed by atoms with van der Waals surface area (Å²) in [6.07, 6.45) is 2.00. The third-order valence-electron chi connectivity index (χ3n) is 8.32. The Morgan fingerprint density at radius 3 is 2.23 bits per heavy atom. The minimum absolute atomic E-state index is 0. The number of hydrogen-bond acceptors (Lipinski definition) is 7. The molecule has 3 aromatic carbocycles. The van der Waals surface area contributed by atoms with Crippen LogP contribution in [0.25, 0.3) is 55.4 Å². The number of benzene rings is 3. The van der Waals surface area contributed by atoms with Crippen molar-refractivity contribution >= 4 is 38.5 Å². The molecule has 6 aromatic rings. The topological polar surface area (TPSA) is 102 Å². The van der Waals surface area contributed by atoms with Gasteiger partial charge in [-0.05, 0) is 54.3 Å². The average molecular weight is 835 g/mol. The van der Waals surface area contributed by atoms with E-state index in [1.807, 2.05) is 64.1 Å². The maximum Gasteiger partial charge on any atom is 0.470 e. The minimum atomic E-state index is -4.70. The minimum Gasteiger partial charge on any atom is -0.512 e. The number of hydrogen-bond donors (Lipinski definition) is 1. The third-order valence-corrected chi connectivity index (χ3v) is 8.32. The van der Waals surface area contributed by atoms with Gasteiger partial charge in [0.2, 0.25) is 5.89 Å². The van der Waals surface area contributed by atoms with E-state index < -0.39 is 12.1 Å². The zero-order valence-corrected chi connectivity index (χ0v) is 29.3. The van der Waals surface area contributed by atoms with Crippen LogP contribution in [0.15, 0.2) is 87.5 Å². The number of allylic oxidation sites excluding steroid dienone is 2. The second-order valence-electron chi connectivity index (χ2n) is 11.2. The van der Waals surface area contributed by atoms with E-state index in [-0.39, 0.29) is 49.4 Å². The summed E-state index contributed by atoms with van der Waals surface area (Å²) in [4.78, 5) is 16.3. The fraction of sp³-hybridized carbons (Fsp3) is 0.297. The Hall–Kier alpha value is -4.34. The molecule has 253 valence electrons. The number of fused-ring (bicyclic) bond motifs is 4. The van der Waals surface area contributed by atoms with E-state index in [0.29, 0.717) is 28.0 Å². The van der Waals surface area contributed by atoms with Crippen LogP contribution in [0.4, 0.5) is 13.2 Å². The molecule has 0 saturated carbocycles. The molecule has 11 heteroatoms. The van der Waals surface area contributed by atoms with Crippen LogP contribution in [0.1, 0.15) is 59.3 Å². The van der Waals surface area contributed by atoms with Crippen molar-refractivity contribution in [3.8, 4) is 22.7 Å². The SMILES string of the molecule is CCC(CC)C(=O)/C=C(\O)C(CC)CC.FC(F)(F)c1nnc(-c2ccc3c(c2)oc2c(-c4cc5ccccc5cn4)[c-]ccc23)o1.[Ir]. The number of carbonyl (C=O) groups excluding carboxylic acids is 1. The molecule has 0 spiro atoms. The Kier molecular flexibility index (Phi) is 11.9. The van der Waals surface area contributed by atoms with Crippen molar-refractivity contribution in [2.75, 3.05) is 0 Å². The van der Waals surface area contributed by atoms with Crippen LogP contribution in [0, 0.1) is 17.9 Å². The molecule has 0 aliphatic heterocycles. The van der Waals surface area contributed by atoms with Gasteiger partial charge < -0.3 is 18.9 Å². The number of alkyl halides is 3. The summed E-state index contributed by atoms with van der Waals surface area (Å²) < 4.78 is 49.3. The molecule has 3 aromatic heterocycles. The molecule has 0 unspecified atom stereocenters. The molecular weight excluding hydrogens is 800 g/mol. The van der Waals surface area contributed by atoms with Crippen LogP contribution in [0.2, 0.25) is 0 Å². The summed E-state index contributed by atoms with van der Waals surface area (Å²) in [6.45, 7) is 8.07. The molecule has 0 amide bonds. The van der Waals surface area contributed by atoms with E-state index in [1.165, 1.54) is 6.08 Å². The van der Waals surface area contributed by atoms with Gasteiger partial charge in [0.1, 0.15) is 5.58 Å². The maximum atomic E-state index is 12.8. The Morgan fingerprint density at radius 1 is 0.896 bits per heavy atom. The Labute approximate surface area is 289 Å². The van der Waals surface area contributed by atoms with Crippen molar-refractivity contribution in [1.82, 2.24) is 15.2 Å². The van der Waals surface area contributed by atoms with E-state index in [2.05, 4.69) is 21.2 Å². The normalized spacial score (nSPS) is 12.1. The number of furan rings is 1. The zero-order valence-electron chi connectivity index (χ0n) is 26.9. The van der Waals surface area contributed by atoms with Crippen LogP contribution in [0.3, 0.4) is 0 Å². The maximum absolute atomic E-state index is 12.8. The fourth-order valence-electron chi connectivity index (χ4n) is 5.52. The molecule has 0 atom stereocenters. The summed E-state index contributed by atoms with van der Waals surface area (Å²) >= 11 is 0. The van der Waals surface area contributed by atoms with E-state index in [0.717, 1.165) is 47.2 Å². The summed E-state index contributed by atoms with van der Waals surface area (Å²) in [6, 6.07) is 21.7. The Morgan fingerprint density at radius 2 is 1.58 bits per heavy atom. The molecule has 0 saturated heterocycles. The van der Waals surface area contributed by atoms with Gasteiger partial charge in [0.15, 0.2) is 5.78 Å². The molecule has 7 nitrogen and oxygen atoms in total. The quantitative estimate of drug-likeness (QED) is 0.0879. The fourth-order valence-corrected chi connectivity index (χ4v) is 5.52. The van der Waals surface area contributed by atoms with Crippen molar-refractivity contribution in [2.45, 2.75) is 59.6 Å². The Bertz CT molecular complexity index is 2040. The smallest absolute Gasteiger partial charge is 0.470 e. The van der Waals surface area contributed by atoms with E-state index in [1.54, 1.807) is 30.5 Å². The number of halogens is 3. The van der Waals surface area contributed by atoms with Gasteiger partial charge in [-0.3, -0.25) is 4.79 Å². The summed E-state index contributed by atoms with van der Waals surface area (Å²) in [5, 5.41) is 20.1. The first-order valence-corrected chi connectivity index (χ1v) is 15.6. The van der Waals surface area contributed by atoms with Gasteiger partial charge in [0, 0.05) is 55.2 Å². The van der Waals surface area contributed by atoms with Crippen LogP contribution in [-0.2, 0) is 31.1 Å². The van der Waals surface area contributed by atoms with Crippen molar-refractivity contribution in [2.24, 2.45) is 11.8 Å². The van der Waals surface area contributed by atoms with E-state index >= 15 is 0 Å². The van der Waals surface area contributed by atoms with Crippen molar-refractivity contribution in [3.63, 3.8) is 0 Å².